The van der Waals surface area contributed by atoms with E-state index in [1.165, 1.54) is 12.1 Å². The van der Waals surface area contributed by atoms with Gasteiger partial charge in [0, 0.05) is 11.6 Å². The van der Waals surface area contributed by atoms with Crippen LogP contribution in [0, 0.1) is 0 Å². The Balaban J connectivity index is 1.45. The number of benzene rings is 2. The summed E-state index contributed by atoms with van der Waals surface area (Å²) in [7, 11) is 0. The van der Waals surface area contributed by atoms with Crippen LogP contribution in [0.1, 0.15) is 42.4 Å². The number of amides is 1. The zero-order valence-electron chi connectivity index (χ0n) is 14.9. The highest BCUT2D eigenvalue weighted by atomic mass is 19.3. The number of halogens is 2. The summed E-state index contributed by atoms with van der Waals surface area (Å²) in [6.45, 7) is 0.265. The molecule has 1 fully saturated rings. The van der Waals surface area contributed by atoms with Crippen LogP contribution in [0.15, 0.2) is 60.7 Å². The van der Waals surface area contributed by atoms with E-state index in [0.717, 1.165) is 36.0 Å². The molecular weight excluding hydrogens is 348 g/mol. The van der Waals surface area contributed by atoms with Gasteiger partial charge in [0.1, 0.15) is 6.61 Å². The van der Waals surface area contributed by atoms with Gasteiger partial charge in [-0.15, -0.1) is 0 Å². The number of carbonyl (C=O) groups excluding carboxylic acids is 1. The van der Waals surface area contributed by atoms with Crippen molar-refractivity contribution < 1.29 is 18.3 Å². The van der Waals surface area contributed by atoms with Gasteiger partial charge in [0.25, 0.3) is 6.43 Å². The summed E-state index contributed by atoms with van der Waals surface area (Å²) in [4.78, 5) is 14.4. The largest absolute Gasteiger partial charge is 0.445 e. The van der Waals surface area contributed by atoms with Crippen LogP contribution >= 0.6 is 0 Å². The van der Waals surface area contributed by atoms with Crippen LogP contribution in [0.2, 0.25) is 0 Å². The minimum Gasteiger partial charge on any atom is -0.445 e. The number of carbonyl (C=O) groups is 1. The van der Waals surface area contributed by atoms with Gasteiger partial charge >= 0.3 is 6.09 Å². The number of ether oxygens (including phenoxy) is 1. The van der Waals surface area contributed by atoms with Gasteiger partial charge in [-0.1, -0.05) is 60.7 Å². The summed E-state index contributed by atoms with van der Waals surface area (Å²) >= 11 is 0. The molecule has 4 rings (SSSR count). The highest BCUT2D eigenvalue weighted by molar-refractivity contribution is 5.75. The molecule has 1 amide bonds. The van der Waals surface area contributed by atoms with E-state index in [4.69, 9.17) is 4.74 Å². The van der Waals surface area contributed by atoms with Gasteiger partial charge in [-0.2, -0.15) is 0 Å². The molecule has 2 aliphatic rings. The Hall–Kier alpha value is -2.69. The van der Waals surface area contributed by atoms with Crippen molar-refractivity contribution in [1.29, 1.82) is 0 Å². The third kappa shape index (κ3) is 3.72. The summed E-state index contributed by atoms with van der Waals surface area (Å²) < 4.78 is 31.0. The van der Waals surface area contributed by atoms with Crippen LogP contribution in [0.5, 0.6) is 0 Å². The van der Waals surface area contributed by atoms with E-state index in [9.17, 15) is 13.6 Å². The van der Waals surface area contributed by atoms with E-state index in [1.54, 1.807) is 12.1 Å². The van der Waals surface area contributed by atoms with E-state index in [1.807, 2.05) is 35.2 Å². The van der Waals surface area contributed by atoms with Gasteiger partial charge in [0.05, 0.1) is 6.04 Å². The maximum absolute atomic E-state index is 12.7. The molecule has 140 valence electrons. The minimum absolute atomic E-state index is 0.0109. The van der Waals surface area contributed by atoms with Crippen LogP contribution in [0.4, 0.5) is 13.6 Å². The third-order valence-corrected chi connectivity index (χ3v) is 5.34. The Kier molecular flexibility index (Phi) is 4.92. The van der Waals surface area contributed by atoms with Gasteiger partial charge < -0.3 is 4.74 Å². The second-order valence-corrected chi connectivity index (χ2v) is 7.06. The summed E-state index contributed by atoms with van der Waals surface area (Å²) in [6, 6.07) is 16.2. The van der Waals surface area contributed by atoms with Gasteiger partial charge in [0.15, 0.2) is 0 Å². The predicted molar refractivity (Wildman–Crippen MR) is 99.3 cm³/mol. The fourth-order valence-electron chi connectivity index (χ4n) is 3.97. The molecule has 1 saturated heterocycles. The van der Waals surface area contributed by atoms with Crippen molar-refractivity contribution in [3.63, 3.8) is 0 Å². The monoisotopic (exact) mass is 369 g/mol. The summed E-state index contributed by atoms with van der Waals surface area (Å²) in [5.74, 6) is 0. The molecule has 0 aliphatic carbocycles. The van der Waals surface area contributed by atoms with Crippen molar-refractivity contribution in [2.24, 2.45) is 0 Å². The second-order valence-electron chi connectivity index (χ2n) is 7.06. The predicted octanol–water partition coefficient (Wildman–Crippen LogP) is 5.58. The van der Waals surface area contributed by atoms with Crippen molar-refractivity contribution in [3.05, 3.63) is 77.4 Å². The zero-order chi connectivity index (χ0) is 18.8. The van der Waals surface area contributed by atoms with Crippen LogP contribution in [-0.2, 0) is 11.3 Å². The fraction of sp³-hybridized carbons (Fsp3) is 0.318. The van der Waals surface area contributed by atoms with E-state index < -0.39 is 6.43 Å². The third-order valence-electron chi connectivity index (χ3n) is 5.34. The Morgan fingerprint density at radius 2 is 1.81 bits per heavy atom. The smallest absolute Gasteiger partial charge is 0.410 e. The van der Waals surface area contributed by atoms with E-state index in [0.29, 0.717) is 0 Å². The second kappa shape index (κ2) is 7.51. The Morgan fingerprint density at radius 3 is 2.48 bits per heavy atom. The number of nitrogens with zero attached hydrogens (tertiary/aromatic N) is 1. The summed E-state index contributed by atoms with van der Waals surface area (Å²) in [6.07, 6.45) is 1.92. The molecule has 2 unspecified atom stereocenters. The Morgan fingerprint density at radius 1 is 1.07 bits per heavy atom. The van der Waals surface area contributed by atoms with Gasteiger partial charge in [-0.3, -0.25) is 4.90 Å². The molecule has 0 saturated carbocycles. The lowest BCUT2D eigenvalue weighted by atomic mass is 9.94. The van der Waals surface area contributed by atoms with E-state index in [-0.39, 0.29) is 30.3 Å². The molecule has 2 aromatic carbocycles. The highest BCUT2D eigenvalue weighted by Crippen LogP contribution is 2.39. The SMILES string of the molecule is O=C(OCc1ccccc1)N1C2C=C(c3ccc(C(F)F)cc3)CC1CC2. The first-order valence-electron chi connectivity index (χ1n) is 9.20. The first-order chi connectivity index (χ1) is 13.1. The molecule has 2 heterocycles. The van der Waals surface area contributed by atoms with Crippen LogP contribution < -0.4 is 0 Å². The van der Waals surface area contributed by atoms with Crippen molar-refractivity contribution in [2.45, 2.75) is 44.4 Å². The number of rotatable bonds is 4. The normalized spacial score (nSPS) is 21.3. The number of hydrogen-bond donors (Lipinski definition) is 0. The zero-order valence-corrected chi connectivity index (χ0v) is 14.9. The maximum atomic E-state index is 12.7. The van der Waals surface area contributed by atoms with Crippen molar-refractivity contribution in [1.82, 2.24) is 4.90 Å². The van der Waals surface area contributed by atoms with Gasteiger partial charge in [0.2, 0.25) is 0 Å². The lowest BCUT2D eigenvalue weighted by molar-refractivity contribution is 0.0832. The van der Waals surface area contributed by atoms with E-state index >= 15 is 0 Å². The molecular formula is C22H21F2NO2. The lowest BCUT2D eigenvalue weighted by Gasteiger charge is -2.33. The van der Waals surface area contributed by atoms with Crippen molar-refractivity contribution >= 4 is 11.7 Å². The molecule has 0 spiro atoms. The Bertz CT molecular complexity index is 833. The van der Waals surface area contributed by atoms with Crippen LogP contribution in [0.25, 0.3) is 5.57 Å². The average molecular weight is 369 g/mol. The molecule has 0 N–H and O–H groups in total. The lowest BCUT2D eigenvalue weighted by Crippen LogP contribution is -2.43. The van der Waals surface area contributed by atoms with Crippen molar-refractivity contribution in [2.75, 3.05) is 0 Å². The molecule has 2 aromatic rings. The molecule has 2 atom stereocenters. The summed E-state index contributed by atoms with van der Waals surface area (Å²) in [5, 5.41) is 0. The minimum atomic E-state index is -2.45. The summed E-state index contributed by atoms with van der Waals surface area (Å²) in [5.41, 5.74) is 3.07. The number of alkyl halides is 2. The van der Waals surface area contributed by atoms with Gasteiger partial charge in [-0.25, -0.2) is 13.6 Å². The maximum Gasteiger partial charge on any atom is 0.410 e. The molecule has 2 bridgehead atoms. The first-order valence-corrected chi connectivity index (χ1v) is 9.20. The first kappa shape index (κ1) is 17.7. The molecule has 2 aliphatic heterocycles. The quantitative estimate of drug-likeness (QED) is 0.704. The topological polar surface area (TPSA) is 29.5 Å². The number of fused-ring (bicyclic) bond motifs is 2. The molecule has 3 nitrogen and oxygen atoms in total. The van der Waals surface area contributed by atoms with Crippen LogP contribution in [-0.4, -0.2) is 23.1 Å². The average Bonchev–Trinajstić information content (AvgIpc) is 2.96. The Labute approximate surface area is 157 Å². The molecule has 0 radical (unpaired) electrons. The van der Waals surface area contributed by atoms with Crippen LogP contribution in [0.3, 0.4) is 0 Å². The highest BCUT2D eigenvalue weighted by Gasteiger charge is 2.40. The fourth-order valence-corrected chi connectivity index (χ4v) is 3.97. The molecule has 27 heavy (non-hydrogen) atoms. The van der Waals surface area contributed by atoms with Crippen molar-refractivity contribution in [3.8, 4) is 0 Å². The van der Waals surface area contributed by atoms with E-state index in [2.05, 4.69) is 6.08 Å². The standard InChI is InChI=1S/C22H21F2NO2/c23-21(24)17-8-6-16(7-9-17)18-12-19-10-11-20(13-18)25(19)22(26)27-14-15-4-2-1-3-5-15/h1-9,12,19-21H,10-11,13-14H2. The molecule has 5 heteroatoms. The van der Waals surface area contributed by atoms with Gasteiger partial charge in [-0.05, 0) is 36.0 Å². The number of hydrogen-bond acceptors (Lipinski definition) is 2. The molecule has 0 aromatic heterocycles.